The van der Waals surface area contributed by atoms with E-state index in [2.05, 4.69) is 0 Å². The van der Waals surface area contributed by atoms with Crippen LogP contribution >= 0.6 is 0 Å². The second-order valence-corrected chi connectivity index (χ2v) is 2.80. The van der Waals surface area contributed by atoms with Crippen LogP contribution < -0.4 is 0 Å². The molecule has 82 valence electrons. The molecule has 0 radical (unpaired) electrons. The molecule has 0 saturated heterocycles. The summed E-state index contributed by atoms with van der Waals surface area (Å²) in [5.41, 5.74) is -0.777. The predicted octanol–water partition coefficient (Wildman–Crippen LogP) is 2.64. The van der Waals surface area contributed by atoms with Crippen LogP contribution in [-0.4, -0.2) is 11.7 Å². The van der Waals surface area contributed by atoms with E-state index in [1.54, 1.807) is 0 Å². The first kappa shape index (κ1) is 11.7. The van der Waals surface area contributed by atoms with E-state index in [-0.39, 0.29) is 19.1 Å². The van der Waals surface area contributed by atoms with Gasteiger partial charge in [-0.15, -0.1) is 0 Å². The SMILES string of the molecule is OCCC=Cc1c(F)c(F)cc(F)c1F. The smallest absolute Gasteiger partial charge is 0.169 e. The summed E-state index contributed by atoms with van der Waals surface area (Å²) in [4.78, 5) is 0. The molecule has 0 aliphatic carbocycles. The maximum absolute atomic E-state index is 13.0. The largest absolute Gasteiger partial charge is 0.396 e. The van der Waals surface area contributed by atoms with Gasteiger partial charge in [0.15, 0.2) is 23.3 Å². The van der Waals surface area contributed by atoms with Crippen molar-refractivity contribution in [1.82, 2.24) is 0 Å². The highest BCUT2D eigenvalue weighted by atomic mass is 19.2. The third kappa shape index (κ3) is 2.56. The first-order valence-corrected chi connectivity index (χ1v) is 4.18. The van der Waals surface area contributed by atoms with Gasteiger partial charge in [-0.3, -0.25) is 0 Å². The Morgan fingerprint density at radius 3 is 2.07 bits per heavy atom. The summed E-state index contributed by atoms with van der Waals surface area (Å²) in [6, 6.07) is 0.147. The van der Waals surface area contributed by atoms with Crippen molar-refractivity contribution in [3.63, 3.8) is 0 Å². The molecule has 1 aromatic rings. The van der Waals surface area contributed by atoms with E-state index in [4.69, 9.17) is 5.11 Å². The zero-order valence-electron chi connectivity index (χ0n) is 7.61. The summed E-state index contributed by atoms with van der Waals surface area (Å²) >= 11 is 0. The molecule has 1 nitrogen and oxygen atoms in total. The van der Waals surface area contributed by atoms with Gasteiger partial charge in [0.1, 0.15) is 0 Å². The van der Waals surface area contributed by atoms with Gasteiger partial charge >= 0.3 is 0 Å². The molecule has 15 heavy (non-hydrogen) atoms. The zero-order valence-corrected chi connectivity index (χ0v) is 7.61. The van der Waals surface area contributed by atoms with Crippen molar-refractivity contribution in [2.24, 2.45) is 0 Å². The Morgan fingerprint density at radius 1 is 1.07 bits per heavy atom. The first-order chi connectivity index (χ1) is 7.07. The lowest BCUT2D eigenvalue weighted by Gasteiger charge is -2.01. The van der Waals surface area contributed by atoms with Gasteiger partial charge in [0.25, 0.3) is 0 Å². The molecule has 0 unspecified atom stereocenters. The molecule has 0 fully saturated rings. The molecule has 0 bridgehead atoms. The van der Waals surface area contributed by atoms with E-state index >= 15 is 0 Å². The number of hydrogen-bond donors (Lipinski definition) is 1. The average molecular weight is 220 g/mol. The molecular formula is C10H8F4O. The molecule has 0 saturated carbocycles. The molecule has 0 spiro atoms. The number of aliphatic hydroxyl groups is 1. The Hall–Kier alpha value is -1.36. The minimum atomic E-state index is -1.45. The standard InChI is InChI=1S/C10H8F4O/c11-7-5-8(12)10(14)6(9(7)13)3-1-2-4-15/h1,3,5,15H,2,4H2. The molecule has 0 aliphatic rings. The summed E-state index contributed by atoms with van der Waals surface area (Å²) in [6.45, 7) is -0.211. The highest BCUT2D eigenvalue weighted by molar-refractivity contribution is 5.51. The predicted molar refractivity (Wildman–Crippen MR) is 47.0 cm³/mol. The molecule has 1 rings (SSSR count). The lowest BCUT2D eigenvalue weighted by Crippen LogP contribution is -1.97. The number of hydrogen-bond acceptors (Lipinski definition) is 1. The second-order valence-electron chi connectivity index (χ2n) is 2.80. The normalized spacial score (nSPS) is 11.3. The zero-order chi connectivity index (χ0) is 11.4. The topological polar surface area (TPSA) is 20.2 Å². The summed E-state index contributed by atoms with van der Waals surface area (Å²) in [5, 5.41) is 8.41. The van der Waals surface area contributed by atoms with Gasteiger partial charge in [-0.05, 0) is 6.42 Å². The number of rotatable bonds is 3. The van der Waals surface area contributed by atoms with Crippen molar-refractivity contribution in [3.05, 3.63) is 41.0 Å². The van der Waals surface area contributed by atoms with Gasteiger partial charge in [-0.25, -0.2) is 17.6 Å². The second kappa shape index (κ2) is 4.93. The van der Waals surface area contributed by atoms with Crippen LogP contribution in [0.25, 0.3) is 6.08 Å². The third-order valence-corrected chi connectivity index (χ3v) is 1.73. The van der Waals surface area contributed by atoms with Crippen LogP contribution in [0.4, 0.5) is 17.6 Å². The summed E-state index contributed by atoms with van der Waals surface area (Å²) in [7, 11) is 0. The van der Waals surface area contributed by atoms with Gasteiger partial charge in [0.05, 0.1) is 5.56 Å². The fraction of sp³-hybridized carbons (Fsp3) is 0.200. The van der Waals surface area contributed by atoms with Gasteiger partial charge < -0.3 is 5.11 Å². The molecule has 0 heterocycles. The van der Waals surface area contributed by atoms with Crippen molar-refractivity contribution in [2.45, 2.75) is 6.42 Å². The van der Waals surface area contributed by atoms with Gasteiger partial charge in [0, 0.05) is 12.7 Å². The van der Waals surface area contributed by atoms with E-state index in [1.165, 1.54) is 6.08 Å². The highest BCUT2D eigenvalue weighted by Crippen LogP contribution is 2.20. The fourth-order valence-corrected chi connectivity index (χ4v) is 1.01. The van der Waals surface area contributed by atoms with E-state index in [0.29, 0.717) is 0 Å². The molecular weight excluding hydrogens is 212 g/mol. The number of aliphatic hydroxyl groups excluding tert-OH is 1. The van der Waals surface area contributed by atoms with Gasteiger partial charge in [0.2, 0.25) is 0 Å². The van der Waals surface area contributed by atoms with Crippen LogP contribution in [0.5, 0.6) is 0 Å². The van der Waals surface area contributed by atoms with E-state index in [0.717, 1.165) is 6.08 Å². The Balaban J connectivity index is 3.15. The Morgan fingerprint density at radius 2 is 1.60 bits per heavy atom. The number of benzene rings is 1. The van der Waals surface area contributed by atoms with Gasteiger partial charge in [-0.1, -0.05) is 12.2 Å². The number of halogens is 4. The maximum atomic E-state index is 13.0. The molecule has 1 N–H and O–H groups in total. The Labute approximate surface area is 83.7 Å². The van der Waals surface area contributed by atoms with Crippen LogP contribution in [0, 0.1) is 23.3 Å². The van der Waals surface area contributed by atoms with Crippen molar-refractivity contribution in [2.75, 3.05) is 6.61 Å². The minimum absolute atomic E-state index is 0.147. The highest BCUT2D eigenvalue weighted by Gasteiger charge is 2.16. The fourth-order valence-electron chi connectivity index (χ4n) is 1.01. The molecule has 0 aromatic heterocycles. The van der Waals surface area contributed by atoms with E-state index in [1.807, 2.05) is 0 Å². The Kier molecular flexibility index (Phi) is 3.85. The summed E-state index contributed by atoms with van der Waals surface area (Å²) in [5.74, 6) is -5.78. The Bertz CT molecular complexity index is 361. The van der Waals surface area contributed by atoms with Crippen molar-refractivity contribution < 1.29 is 22.7 Å². The quantitative estimate of drug-likeness (QED) is 0.613. The first-order valence-electron chi connectivity index (χ1n) is 4.18. The molecule has 0 aliphatic heterocycles. The van der Waals surface area contributed by atoms with Crippen LogP contribution in [-0.2, 0) is 0 Å². The van der Waals surface area contributed by atoms with Crippen molar-refractivity contribution in [3.8, 4) is 0 Å². The average Bonchev–Trinajstić information content (AvgIpc) is 2.20. The molecule has 0 amide bonds. The molecule has 0 atom stereocenters. The van der Waals surface area contributed by atoms with Crippen molar-refractivity contribution in [1.29, 1.82) is 0 Å². The van der Waals surface area contributed by atoms with Crippen molar-refractivity contribution >= 4 is 6.08 Å². The van der Waals surface area contributed by atoms with Crippen LogP contribution in [0.2, 0.25) is 0 Å². The lowest BCUT2D eigenvalue weighted by atomic mass is 10.1. The van der Waals surface area contributed by atoms with E-state index in [9.17, 15) is 17.6 Å². The van der Waals surface area contributed by atoms with Crippen LogP contribution in [0.1, 0.15) is 12.0 Å². The summed E-state index contributed by atoms with van der Waals surface area (Å²) < 4.78 is 51.3. The minimum Gasteiger partial charge on any atom is -0.396 e. The maximum Gasteiger partial charge on any atom is 0.169 e. The monoisotopic (exact) mass is 220 g/mol. The third-order valence-electron chi connectivity index (χ3n) is 1.73. The molecule has 5 heteroatoms. The van der Waals surface area contributed by atoms with E-state index < -0.39 is 28.8 Å². The molecule has 1 aromatic carbocycles. The summed E-state index contributed by atoms with van der Waals surface area (Å²) in [6.07, 6.45) is 2.27. The lowest BCUT2D eigenvalue weighted by molar-refractivity contribution is 0.303. The van der Waals surface area contributed by atoms with Crippen LogP contribution in [0.15, 0.2) is 12.1 Å². The van der Waals surface area contributed by atoms with Gasteiger partial charge in [-0.2, -0.15) is 0 Å². The van der Waals surface area contributed by atoms with Crippen LogP contribution in [0.3, 0.4) is 0 Å².